The lowest BCUT2D eigenvalue weighted by atomic mass is 10.6. The zero-order valence-corrected chi connectivity index (χ0v) is 8.14. The highest BCUT2D eigenvalue weighted by Gasteiger charge is 1.86. The van der Waals surface area contributed by atoms with E-state index in [1.807, 2.05) is 6.08 Å². The molecular weight excluding hydrogens is 178 g/mol. The molecule has 12 heavy (non-hydrogen) atoms. The lowest BCUT2D eigenvalue weighted by Gasteiger charge is -2.03. The van der Waals surface area contributed by atoms with Crippen molar-refractivity contribution in [3.8, 4) is 0 Å². The second kappa shape index (κ2) is 10.9. The number of ether oxygens (including phenoxy) is 2. The maximum atomic E-state index is 5.31. The van der Waals surface area contributed by atoms with Gasteiger partial charge in [0.15, 0.2) is 0 Å². The van der Waals surface area contributed by atoms with Gasteiger partial charge in [-0.05, 0) is 0 Å². The van der Waals surface area contributed by atoms with Crippen molar-refractivity contribution in [2.24, 2.45) is 0 Å². The first kappa shape index (κ1) is 11.9. The standard InChI is InChI=1S/C8H16ClNO2/c1-11-7-8-12-6-5-10-4-2-3-9/h2-3,10H,4-8H2,1H3/b3-2+. The first-order chi connectivity index (χ1) is 5.91. The number of methoxy groups -OCH3 is 1. The fraction of sp³-hybridized carbons (Fsp3) is 0.750. The Morgan fingerprint density at radius 3 is 2.83 bits per heavy atom. The highest BCUT2D eigenvalue weighted by molar-refractivity contribution is 6.25. The summed E-state index contributed by atoms with van der Waals surface area (Å²) in [5.41, 5.74) is 1.50. The van der Waals surface area contributed by atoms with Crippen LogP contribution in [0.4, 0.5) is 0 Å². The van der Waals surface area contributed by atoms with Crippen LogP contribution in [0.25, 0.3) is 0 Å². The summed E-state index contributed by atoms with van der Waals surface area (Å²) in [4.78, 5) is 0. The van der Waals surface area contributed by atoms with Gasteiger partial charge in [-0.25, -0.2) is 0 Å². The van der Waals surface area contributed by atoms with Gasteiger partial charge in [0.05, 0.1) is 19.8 Å². The molecule has 0 aliphatic carbocycles. The summed E-state index contributed by atoms with van der Waals surface area (Å²) < 4.78 is 10.0. The quantitative estimate of drug-likeness (QED) is 0.584. The van der Waals surface area contributed by atoms with Crippen LogP contribution in [0.2, 0.25) is 0 Å². The third-order valence-electron chi connectivity index (χ3n) is 1.21. The summed E-state index contributed by atoms with van der Waals surface area (Å²) in [6, 6.07) is 0. The van der Waals surface area contributed by atoms with Crippen molar-refractivity contribution in [3.63, 3.8) is 0 Å². The zero-order valence-electron chi connectivity index (χ0n) is 7.38. The average molecular weight is 194 g/mol. The molecule has 3 nitrogen and oxygen atoms in total. The molecule has 0 spiro atoms. The van der Waals surface area contributed by atoms with Crippen LogP contribution in [-0.2, 0) is 9.47 Å². The van der Waals surface area contributed by atoms with Crippen molar-refractivity contribution in [3.05, 3.63) is 11.6 Å². The first-order valence-electron chi connectivity index (χ1n) is 3.94. The summed E-state index contributed by atoms with van der Waals surface area (Å²) in [6.07, 6.45) is 1.84. The smallest absolute Gasteiger partial charge is 0.0700 e. The van der Waals surface area contributed by atoms with Crippen LogP contribution >= 0.6 is 11.6 Å². The fourth-order valence-electron chi connectivity index (χ4n) is 0.619. The van der Waals surface area contributed by atoms with Gasteiger partial charge in [0.25, 0.3) is 0 Å². The molecule has 0 unspecified atom stereocenters. The largest absolute Gasteiger partial charge is 0.382 e. The molecule has 0 rings (SSSR count). The van der Waals surface area contributed by atoms with Crippen molar-refractivity contribution in [1.29, 1.82) is 0 Å². The van der Waals surface area contributed by atoms with Crippen molar-refractivity contribution in [2.75, 3.05) is 40.0 Å². The molecule has 0 aromatic rings. The van der Waals surface area contributed by atoms with Crippen LogP contribution in [-0.4, -0.2) is 40.0 Å². The molecule has 0 aromatic carbocycles. The summed E-state index contributed by atoms with van der Waals surface area (Å²) in [5, 5.41) is 3.13. The predicted octanol–water partition coefficient (Wildman–Crippen LogP) is 0.992. The Hall–Kier alpha value is -0.0900. The van der Waals surface area contributed by atoms with E-state index < -0.39 is 0 Å². The van der Waals surface area contributed by atoms with Gasteiger partial charge < -0.3 is 14.8 Å². The SMILES string of the molecule is COCCOCCNC/C=C/Cl. The number of nitrogens with one attached hydrogen (secondary N) is 1. The van der Waals surface area contributed by atoms with Gasteiger partial charge in [-0.1, -0.05) is 17.7 Å². The van der Waals surface area contributed by atoms with Crippen LogP contribution in [0.3, 0.4) is 0 Å². The summed E-state index contributed by atoms with van der Waals surface area (Å²) in [6.45, 7) is 3.65. The van der Waals surface area contributed by atoms with Crippen LogP contribution < -0.4 is 5.32 Å². The molecule has 0 atom stereocenters. The van der Waals surface area contributed by atoms with Gasteiger partial charge in [0.2, 0.25) is 0 Å². The molecule has 0 aliphatic rings. The van der Waals surface area contributed by atoms with Gasteiger partial charge in [0.1, 0.15) is 0 Å². The molecule has 0 fully saturated rings. The number of rotatable bonds is 8. The maximum Gasteiger partial charge on any atom is 0.0700 e. The third kappa shape index (κ3) is 9.91. The highest BCUT2D eigenvalue weighted by atomic mass is 35.5. The average Bonchev–Trinajstić information content (AvgIpc) is 2.10. The van der Waals surface area contributed by atoms with Gasteiger partial charge in [-0.2, -0.15) is 0 Å². The molecule has 0 aliphatic heterocycles. The Balaban J connectivity index is 2.81. The van der Waals surface area contributed by atoms with Crippen LogP contribution in [0.1, 0.15) is 0 Å². The predicted molar refractivity (Wildman–Crippen MR) is 50.6 cm³/mol. The lowest BCUT2D eigenvalue weighted by molar-refractivity contribution is 0.0723. The van der Waals surface area contributed by atoms with E-state index in [2.05, 4.69) is 5.32 Å². The lowest BCUT2D eigenvalue weighted by Crippen LogP contribution is -2.20. The van der Waals surface area contributed by atoms with Gasteiger partial charge in [-0.15, -0.1) is 0 Å². The molecule has 1 N–H and O–H groups in total. The van der Waals surface area contributed by atoms with Crippen LogP contribution in [0.5, 0.6) is 0 Å². The third-order valence-corrected chi connectivity index (χ3v) is 1.38. The molecule has 0 heterocycles. The second-order valence-electron chi connectivity index (χ2n) is 2.17. The van der Waals surface area contributed by atoms with Gasteiger partial charge in [-0.3, -0.25) is 0 Å². The summed E-state index contributed by atoms with van der Waals surface area (Å²) in [5.74, 6) is 0. The molecule has 0 saturated carbocycles. The van der Waals surface area contributed by atoms with Crippen molar-refractivity contribution in [2.45, 2.75) is 0 Å². The summed E-state index contributed by atoms with van der Waals surface area (Å²) in [7, 11) is 1.66. The first-order valence-corrected chi connectivity index (χ1v) is 4.38. The van der Waals surface area contributed by atoms with E-state index in [9.17, 15) is 0 Å². The monoisotopic (exact) mass is 193 g/mol. The minimum Gasteiger partial charge on any atom is -0.382 e. The van der Waals surface area contributed by atoms with Crippen LogP contribution in [0.15, 0.2) is 11.6 Å². The van der Waals surface area contributed by atoms with Crippen LogP contribution in [0, 0.1) is 0 Å². The number of hydrogen-bond acceptors (Lipinski definition) is 3. The normalized spacial score (nSPS) is 11.2. The molecule has 0 saturated heterocycles. The van der Waals surface area contributed by atoms with E-state index >= 15 is 0 Å². The Bertz CT molecular complexity index is 109. The highest BCUT2D eigenvalue weighted by Crippen LogP contribution is 1.77. The maximum absolute atomic E-state index is 5.31. The van der Waals surface area contributed by atoms with E-state index in [4.69, 9.17) is 21.1 Å². The van der Waals surface area contributed by atoms with E-state index in [-0.39, 0.29) is 0 Å². The Morgan fingerprint density at radius 1 is 1.33 bits per heavy atom. The number of halogens is 1. The van der Waals surface area contributed by atoms with Gasteiger partial charge >= 0.3 is 0 Å². The minimum absolute atomic E-state index is 0.654. The second-order valence-corrected chi connectivity index (χ2v) is 2.42. The molecule has 0 aromatic heterocycles. The van der Waals surface area contributed by atoms with Crippen molar-refractivity contribution >= 4 is 11.6 Å². The Labute approximate surface area is 78.7 Å². The van der Waals surface area contributed by atoms with Crippen molar-refractivity contribution < 1.29 is 9.47 Å². The van der Waals surface area contributed by atoms with E-state index in [1.165, 1.54) is 5.54 Å². The zero-order chi connectivity index (χ0) is 9.07. The summed E-state index contributed by atoms with van der Waals surface area (Å²) >= 11 is 5.31. The Morgan fingerprint density at radius 2 is 2.17 bits per heavy atom. The molecular formula is C8H16ClNO2. The van der Waals surface area contributed by atoms with Crippen molar-refractivity contribution in [1.82, 2.24) is 5.32 Å². The fourth-order valence-corrected chi connectivity index (χ4v) is 0.708. The minimum atomic E-state index is 0.654. The topological polar surface area (TPSA) is 30.5 Å². The molecule has 0 bridgehead atoms. The van der Waals surface area contributed by atoms with E-state index in [1.54, 1.807) is 7.11 Å². The molecule has 4 heteroatoms. The van der Waals surface area contributed by atoms with Gasteiger partial charge in [0, 0.05) is 25.7 Å². The van der Waals surface area contributed by atoms with E-state index in [0.29, 0.717) is 19.8 Å². The Kier molecular flexibility index (Phi) is 10.8. The molecule has 0 radical (unpaired) electrons. The molecule has 0 amide bonds. The number of hydrogen-bond donors (Lipinski definition) is 1. The molecule has 72 valence electrons. The van der Waals surface area contributed by atoms with E-state index in [0.717, 1.165) is 13.1 Å².